The first-order valence-corrected chi connectivity index (χ1v) is 14.4. The third-order valence-corrected chi connectivity index (χ3v) is 7.21. The molecule has 0 aliphatic rings. The van der Waals surface area contributed by atoms with Crippen molar-refractivity contribution >= 4 is 17.9 Å². The van der Waals surface area contributed by atoms with Crippen molar-refractivity contribution in [2.24, 2.45) is 0 Å². The number of methoxy groups -OCH3 is 1. The van der Waals surface area contributed by atoms with Gasteiger partial charge in [-0.15, -0.1) is 0 Å². The van der Waals surface area contributed by atoms with Gasteiger partial charge in [-0.25, -0.2) is 9.78 Å². The second-order valence-corrected chi connectivity index (χ2v) is 11.1. The van der Waals surface area contributed by atoms with Gasteiger partial charge in [0.15, 0.2) is 0 Å². The number of amides is 3. The van der Waals surface area contributed by atoms with Crippen LogP contribution in [-0.2, 0) is 39.3 Å². The zero-order valence-electron chi connectivity index (χ0n) is 25.3. The third kappa shape index (κ3) is 9.45. The van der Waals surface area contributed by atoms with Gasteiger partial charge in [-0.1, -0.05) is 86.6 Å². The molecule has 0 fully saturated rings. The van der Waals surface area contributed by atoms with Crippen LogP contribution in [0.5, 0.6) is 5.75 Å². The molecule has 10 nitrogen and oxygen atoms in total. The van der Waals surface area contributed by atoms with Gasteiger partial charge in [0.2, 0.25) is 11.8 Å². The summed E-state index contributed by atoms with van der Waals surface area (Å²) < 4.78 is 10.8. The van der Waals surface area contributed by atoms with E-state index in [-0.39, 0.29) is 37.4 Å². The average molecular weight is 598 g/mol. The Balaban J connectivity index is 1.51. The monoisotopic (exact) mass is 597 g/mol. The van der Waals surface area contributed by atoms with E-state index in [1.54, 1.807) is 25.4 Å². The number of imidazole rings is 1. The molecule has 4 rings (SSSR count). The van der Waals surface area contributed by atoms with E-state index in [1.165, 1.54) is 11.2 Å². The summed E-state index contributed by atoms with van der Waals surface area (Å²) in [7, 11) is 1.56. The highest BCUT2D eigenvalue weighted by Crippen LogP contribution is 2.22. The maximum Gasteiger partial charge on any atom is 0.408 e. The molecular formula is C34H39N5O5. The molecule has 230 valence electrons. The second-order valence-electron chi connectivity index (χ2n) is 11.1. The zero-order chi connectivity index (χ0) is 31.4. The summed E-state index contributed by atoms with van der Waals surface area (Å²) >= 11 is 0. The van der Waals surface area contributed by atoms with Gasteiger partial charge in [0.05, 0.1) is 25.7 Å². The number of carbonyl (C=O) groups excluding carboxylic acids is 3. The molecule has 1 atom stereocenters. The first-order chi connectivity index (χ1) is 21.2. The van der Waals surface area contributed by atoms with Gasteiger partial charge < -0.3 is 30.0 Å². The predicted molar refractivity (Wildman–Crippen MR) is 167 cm³/mol. The lowest BCUT2D eigenvalue weighted by Gasteiger charge is -2.29. The molecule has 0 radical (unpaired) electrons. The van der Waals surface area contributed by atoms with Crippen LogP contribution in [0.3, 0.4) is 0 Å². The van der Waals surface area contributed by atoms with Crippen molar-refractivity contribution in [1.29, 1.82) is 0 Å². The summed E-state index contributed by atoms with van der Waals surface area (Å²) in [5, 5.41) is 5.69. The van der Waals surface area contributed by atoms with Crippen LogP contribution in [-0.4, -0.2) is 59.0 Å². The fourth-order valence-electron chi connectivity index (χ4n) is 4.68. The van der Waals surface area contributed by atoms with Crippen molar-refractivity contribution in [3.63, 3.8) is 0 Å². The van der Waals surface area contributed by atoms with Gasteiger partial charge in [0.1, 0.15) is 18.4 Å². The van der Waals surface area contributed by atoms with Crippen LogP contribution in [0.15, 0.2) is 97.5 Å². The maximum absolute atomic E-state index is 14.1. The highest BCUT2D eigenvalue weighted by atomic mass is 16.5. The molecule has 3 amide bonds. The first kappa shape index (κ1) is 31.8. The van der Waals surface area contributed by atoms with Crippen LogP contribution in [0.25, 0.3) is 0 Å². The van der Waals surface area contributed by atoms with E-state index < -0.39 is 18.0 Å². The van der Waals surface area contributed by atoms with Crippen LogP contribution in [0.4, 0.5) is 4.79 Å². The first-order valence-electron chi connectivity index (χ1n) is 14.4. The molecule has 4 aromatic rings. The molecular weight excluding hydrogens is 558 g/mol. The van der Waals surface area contributed by atoms with Crippen LogP contribution < -0.4 is 15.4 Å². The summed E-state index contributed by atoms with van der Waals surface area (Å²) in [6.07, 6.45) is 2.50. The van der Waals surface area contributed by atoms with E-state index in [0.717, 1.165) is 16.7 Å². The molecule has 44 heavy (non-hydrogen) atoms. The van der Waals surface area contributed by atoms with Gasteiger partial charge >= 0.3 is 6.09 Å². The second kappa shape index (κ2) is 15.4. The molecule has 3 N–H and O–H groups in total. The Morgan fingerprint density at radius 1 is 0.955 bits per heavy atom. The van der Waals surface area contributed by atoms with E-state index >= 15 is 0 Å². The fraction of sp³-hybridized carbons (Fsp3) is 0.294. The number of nitrogens with zero attached hydrogens (tertiary/aromatic N) is 2. The fourth-order valence-corrected chi connectivity index (χ4v) is 4.68. The van der Waals surface area contributed by atoms with Gasteiger partial charge in [0, 0.05) is 31.1 Å². The van der Waals surface area contributed by atoms with Crippen LogP contribution in [0.2, 0.25) is 0 Å². The van der Waals surface area contributed by atoms with E-state index in [1.807, 2.05) is 86.6 Å². The Kier molecular flexibility index (Phi) is 11.1. The minimum atomic E-state index is -1.04. The summed E-state index contributed by atoms with van der Waals surface area (Å²) in [5.41, 5.74) is 2.90. The van der Waals surface area contributed by atoms with Gasteiger partial charge in [0.25, 0.3) is 0 Å². The van der Waals surface area contributed by atoms with Crippen LogP contribution >= 0.6 is 0 Å². The Hall–Kier alpha value is -5.12. The normalized spacial score (nSPS) is 11.7. The van der Waals surface area contributed by atoms with E-state index in [2.05, 4.69) is 20.6 Å². The highest BCUT2D eigenvalue weighted by molar-refractivity contribution is 5.89. The van der Waals surface area contributed by atoms with Crippen molar-refractivity contribution in [2.45, 2.75) is 44.9 Å². The molecule has 10 heteroatoms. The van der Waals surface area contributed by atoms with Gasteiger partial charge in [-0.3, -0.25) is 9.59 Å². The summed E-state index contributed by atoms with van der Waals surface area (Å²) in [5.74, 6) is -0.153. The Morgan fingerprint density at radius 3 is 2.34 bits per heavy atom. The van der Waals surface area contributed by atoms with E-state index in [0.29, 0.717) is 18.0 Å². The number of alkyl carbamates (subject to hydrolysis) is 1. The molecule has 1 heterocycles. The number of ether oxygens (including phenoxy) is 2. The quantitative estimate of drug-likeness (QED) is 0.198. The molecule has 0 bridgehead atoms. The standard InChI is InChI=1S/C34H39N5O5/c1-34(2,27-14-8-5-9-15-27)23-36-31(40)21-39(20-26-13-10-16-29(17-26)43-3)32(41)30(18-28-19-35-24-37-28)38-33(42)44-22-25-11-6-4-7-12-25/h4-17,19,24,30H,18,20-23H2,1-3H3,(H,35,37)(H,36,40)(H,38,42)/t30-/m0/s1. The summed E-state index contributed by atoms with van der Waals surface area (Å²) in [6.45, 7) is 4.41. The Bertz CT molecular complexity index is 1490. The molecule has 3 aromatic carbocycles. The van der Waals surface area contributed by atoms with E-state index in [4.69, 9.17) is 9.47 Å². The van der Waals surface area contributed by atoms with Gasteiger partial charge in [-0.2, -0.15) is 0 Å². The lowest BCUT2D eigenvalue weighted by molar-refractivity contribution is -0.138. The molecule has 0 saturated carbocycles. The van der Waals surface area contributed by atoms with Crippen molar-refractivity contribution in [3.05, 3.63) is 120 Å². The molecule has 0 saturated heterocycles. The predicted octanol–water partition coefficient (Wildman–Crippen LogP) is 4.38. The average Bonchev–Trinajstić information content (AvgIpc) is 3.56. The van der Waals surface area contributed by atoms with E-state index in [9.17, 15) is 14.4 Å². The number of hydrogen-bond donors (Lipinski definition) is 3. The summed E-state index contributed by atoms with van der Waals surface area (Å²) in [6, 6.07) is 25.4. The number of nitrogens with one attached hydrogen (secondary N) is 3. The number of rotatable bonds is 14. The Labute approximate surface area is 257 Å². The van der Waals surface area contributed by atoms with Crippen LogP contribution in [0, 0.1) is 0 Å². The maximum atomic E-state index is 14.1. The number of aromatic amines is 1. The lowest BCUT2D eigenvalue weighted by Crippen LogP contribution is -2.52. The highest BCUT2D eigenvalue weighted by Gasteiger charge is 2.30. The Morgan fingerprint density at radius 2 is 1.66 bits per heavy atom. The molecule has 1 aromatic heterocycles. The van der Waals surface area contributed by atoms with Crippen molar-refractivity contribution in [3.8, 4) is 5.75 Å². The lowest BCUT2D eigenvalue weighted by atomic mass is 9.84. The van der Waals surface area contributed by atoms with Crippen LogP contribution in [0.1, 0.15) is 36.2 Å². The molecule has 0 unspecified atom stereocenters. The van der Waals surface area contributed by atoms with Crippen molar-refractivity contribution in [2.75, 3.05) is 20.2 Å². The number of benzene rings is 3. The molecule has 0 aliphatic carbocycles. The van der Waals surface area contributed by atoms with Gasteiger partial charge in [-0.05, 0) is 28.8 Å². The number of carbonyl (C=O) groups is 3. The van der Waals surface area contributed by atoms with Crippen molar-refractivity contribution < 1.29 is 23.9 Å². The summed E-state index contributed by atoms with van der Waals surface area (Å²) in [4.78, 5) is 48.8. The number of H-pyrrole nitrogens is 1. The number of hydrogen-bond acceptors (Lipinski definition) is 6. The smallest absolute Gasteiger partial charge is 0.408 e. The third-order valence-electron chi connectivity index (χ3n) is 7.21. The molecule has 0 spiro atoms. The zero-order valence-corrected chi connectivity index (χ0v) is 25.3. The topological polar surface area (TPSA) is 126 Å². The minimum Gasteiger partial charge on any atom is -0.497 e. The SMILES string of the molecule is COc1cccc(CN(CC(=O)NCC(C)(C)c2ccccc2)C(=O)[C@H](Cc2c[nH]cn2)NC(=O)OCc2ccccc2)c1. The van der Waals surface area contributed by atoms with Crippen molar-refractivity contribution in [1.82, 2.24) is 25.5 Å². The largest absolute Gasteiger partial charge is 0.497 e. The minimum absolute atomic E-state index is 0.0448. The number of aromatic nitrogens is 2. The molecule has 0 aliphatic heterocycles.